The Morgan fingerprint density at radius 1 is 1.09 bits per heavy atom. The number of anilines is 3. The zero-order valence-electron chi connectivity index (χ0n) is 24.5. The lowest BCUT2D eigenvalue weighted by Gasteiger charge is -2.32. The lowest BCUT2D eigenvalue weighted by molar-refractivity contribution is -0.142. The van der Waals surface area contributed by atoms with Gasteiger partial charge in [-0.05, 0) is 55.0 Å². The van der Waals surface area contributed by atoms with Gasteiger partial charge in [-0.1, -0.05) is 12.1 Å². The molecule has 3 aliphatic rings. The number of nitrogens with zero attached hydrogens (tertiary/aromatic N) is 5. The molecule has 1 aromatic carbocycles. The third-order valence-electron chi connectivity index (χ3n) is 8.71. The fourth-order valence-corrected chi connectivity index (χ4v) is 6.63. The highest BCUT2D eigenvalue weighted by atomic mass is 16.5. The van der Waals surface area contributed by atoms with Crippen LogP contribution < -0.4 is 21.1 Å². The van der Waals surface area contributed by atoms with Crippen LogP contribution in [0.25, 0.3) is 11.1 Å². The van der Waals surface area contributed by atoms with Crippen molar-refractivity contribution in [3.63, 3.8) is 0 Å². The Hall–Kier alpha value is -4.64. The number of esters is 1. The highest BCUT2D eigenvalue weighted by Crippen LogP contribution is 2.36. The molecule has 11 nitrogen and oxygen atoms in total. The Kier molecular flexibility index (Phi) is 6.89. The molecular weight excluding hydrogens is 546 g/mol. The first-order valence-electron chi connectivity index (χ1n) is 14.9. The van der Waals surface area contributed by atoms with Crippen molar-refractivity contribution >= 4 is 29.1 Å². The quantitative estimate of drug-likeness (QED) is 0.335. The monoisotopic (exact) mass is 581 g/mol. The SMILES string of the molecule is CC(=O)OCc1c(-c2cc(Nc3cc4n(n3)CCNC4)c(=O)n(C)c2)cccc1N1CCn2c(cc3c2CCCC3)C1=O. The lowest BCUT2D eigenvalue weighted by atomic mass is 9.98. The summed E-state index contributed by atoms with van der Waals surface area (Å²) in [6, 6.07) is 11.6. The Bertz CT molecular complexity index is 1790. The van der Waals surface area contributed by atoms with Crippen LogP contribution in [-0.2, 0) is 55.7 Å². The third-order valence-corrected chi connectivity index (χ3v) is 8.71. The van der Waals surface area contributed by atoms with Crippen molar-refractivity contribution in [3.8, 4) is 11.1 Å². The molecule has 0 saturated heterocycles. The molecule has 1 amide bonds. The summed E-state index contributed by atoms with van der Waals surface area (Å²) >= 11 is 0. The second-order valence-electron chi connectivity index (χ2n) is 11.5. The number of aryl methyl sites for hydroxylation is 2. The number of benzene rings is 1. The van der Waals surface area contributed by atoms with Crippen molar-refractivity contribution in [2.75, 3.05) is 23.3 Å². The maximum absolute atomic E-state index is 13.9. The number of rotatable bonds is 6. The van der Waals surface area contributed by atoms with Gasteiger partial charge in [0.1, 0.15) is 18.0 Å². The first kappa shape index (κ1) is 27.2. The maximum Gasteiger partial charge on any atom is 0.302 e. The molecule has 43 heavy (non-hydrogen) atoms. The molecule has 0 radical (unpaired) electrons. The van der Waals surface area contributed by atoms with Crippen molar-refractivity contribution in [2.24, 2.45) is 7.05 Å². The molecule has 11 heteroatoms. The highest BCUT2D eigenvalue weighted by molar-refractivity contribution is 6.07. The second kappa shape index (κ2) is 10.9. The smallest absolute Gasteiger partial charge is 0.302 e. The van der Waals surface area contributed by atoms with Gasteiger partial charge in [0.2, 0.25) is 0 Å². The van der Waals surface area contributed by atoms with Gasteiger partial charge in [-0.25, -0.2) is 0 Å². The van der Waals surface area contributed by atoms with Crippen molar-refractivity contribution in [2.45, 2.75) is 58.8 Å². The molecule has 5 heterocycles. The van der Waals surface area contributed by atoms with E-state index in [2.05, 4.69) is 26.4 Å². The molecule has 222 valence electrons. The Labute approximate surface area is 249 Å². The van der Waals surface area contributed by atoms with E-state index in [9.17, 15) is 14.4 Å². The molecule has 2 aliphatic heterocycles. The summed E-state index contributed by atoms with van der Waals surface area (Å²) in [7, 11) is 1.71. The summed E-state index contributed by atoms with van der Waals surface area (Å²) < 4.78 is 11.2. The average molecular weight is 582 g/mol. The van der Waals surface area contributed by atoms with Crippen LogP contribution in [-0.4, -0.2) is 43.9 Å². The number of aromatic nitrogens is 4. The highest BCUT2D eigenvalue weighted by Gasteiger charge is 2.32. The van der Waals surface area contributed by atoms with E-state index in [4.69, 9.17) is 4.74 Å². The van der Waals surface area contributed by atoms with Crippen LogP contribution in [0.2, 0.25) is 0 Å². The predicted octanol–water partition coefficient (Wildman–Crippen LogP) is 3.50. The van der Waals surface area contributed by atoms with Gasteiger partial charge in [0.05, 0.1) is 17.9 Å². The van der Waals surface area contributed by atoms with E-state index in [1.54, 1.807) is 24.2 Å². The summed E-state index contributed by atoms with van der Waals surface area (Å²) in [4.78, 5) is 40.9. The zero-order valence-corrected chi connectivity index (χ0v) is 24.5. The van der Waals surface area contributed by atoms with E-state index in [1.807, 2.05) is 28.9 Å². The number of hydrogen-bond acceptors (Lipinski definition) is 7. The van der Waals surface area contributed by atoms with Gasteiger partial charge in [-0.2, -0.15) is 5.10 Å². The van der Waals surface area contributed by atoms with E-state index >= 15 is 0 Å². The Morgan fingerprint density at radius 2 is 1.95 bits per heavy atom. The summed E-state index contributed by atoms with van der Waals surface area (Å²) in [5.74, 6) is 0.141. The molecule has 1 aliphatic carbocycles. The minimum atomic E-state index is -0.409. The predicted molar refractivity (Wildman–Crippen MR) is 163 cm³/mol. The van der Waals surface area contributed by atoms with Crippen LogP contribution in [0.1, 0.15) is 52.8 Å². The van der Waals surface area contributed by atoms with Gasteiger partial charge < -0.3 is 29.4 Å². The van der Waals surface area contributed by atoms with Gasteiger partial charge in [0.25, 0.3) is 11.5 Å². The van der Waals surface area contributed by atoms with E-state index in [-0.39, 0.29) is 18.1 Å². The standard InChI is InChI=1S/C32H35N7O4/c1-20(40)43-19-25-24(22-14-26(31(41)36(2)18-22)34-30-16-23-17-33-10-11-39(23)35-30)7-5-9-28(25)38-13-12-37-27-8-4-3-6-21(27)15-29(37)32(38)42/h5,7,9,14-16,18,33H,3-4,6,8,10-13,17,19H2,1-2H3,(H,34,35). The number of ether oxygens (including phenoxy) is 1. The molecule has 0 fully saturated rings. The number of nitrogens with one attached hydrogen (secondary N) is 2. The average Bonchev–Trinajstić information content (AvgIpc) is 3.60. The maximum atomic E-state index is 13.9. The Balaban J connectivity index is 1.28. The van der Waals surface area contributed by atoms with Gasteiger partial charge in [-0.15, -0.1) is 0 Å². The van der Waals surface area contributed by atoms with Gasteiger partial charge in [-0.3, -0.25) is 19.1 Å². The van der Waals surface area contributed by atoms with Gasteiger partial charge >= 0.3 is 5.97 Å². The molecule has 0 saturated carbocycles. The third kappa shape index (κ3) is 4.93. The molecule has 4 aromatic rings. The summed E-state index contributed by atoms with van der Waals surface area (Å²) in [5, 5.41) is 11.2. The van der Waals surface area contributed by atoms with Crippen LogP contribution in [0.15, 0.2) is 47.4 Å². The normalized spacial score (nSPS) is 16.0. The minimum Gasteiger partial charge on any atom is -0.461 e. The summed E-state index contributed by atoms with van der Waals surface area (Å²) in [6.45, 7) is 4.94. The first-order chi connectivity index (χ1) is 20.9. The molecule has 3 aromatic heterocycles. The molecule has 2 N–H and O–H groups in total. The number of pyridine rings is 1. The van der Waals surface area contributed by atoms with Gasteiger partial charge in [0.15, 0.2) is 5.82 Å². The van der Waals surface area contributed by atoms with Gasteiger partial charge in [0, 0.05) is 69.2 Å². The van der Waals surface area contributed by atoms with Crippen molar-refractivity contribution in [1.82, 2.24) is 24.2 Å². The van der Waals surface area contributed by atoms with Crippen LogP contribution in [0, 0.1) is 0 Å². The number of hydrogen-bond donors (Lipinski definition) is 2. The fraction of sp³-hybridized carbons (Fsp3) is 0.375. The molecule has 0 atom stereocenters. The molecular formula is C32H35N7O4. The number of amides is 1. The number of fused-ring (bicyclic) bond motifs is 4. The largest absolute Gasteiger partial charge is 0.461 e. The van der Waals surface area contributed by atoms with Crippen molar-refractivity contribution in [1.29, 1.82) is 0 Å². The summed E-state index contributed by atoms with van der Waals surface area (Å²) in [6.07, 6.45) is 6.09. The molecule has 7 rings (SSSR count). The van der Waals surface area contributed by atoms with E-state index in [0.29, 0.717) is 41.5 Å². The molecule has 0 unspecified atom stereocenters. The lowest BCUT2D eigenvalue weighted by Crippen LogP contribution is -2.41. The van der Waals surface area contributed by atoms with E-state index in [1.165, 1.54) is 22.7 Å². The van der Waals surface area contributed by atoms with Crippen LogP contribution in [0.4, 0.5) is 17.2 Å². The van der Waals surface area contributed by atoms with Crippen LogP contribution >= 0.6 is 0 Å². The summed E-state index contributed by atoms with van der Waals surface area (Å²) in [5.41, 5.74) is 7.47. The van der Waals surface area contributed by atoms with Crippen molar-refractivity contribution < 1.29 is 14.3 Å². The zero-order chi connectivity index (χ0) is 29.7. The Morgan fingerprint density at radius 3 is 2.79 bits per heavy atom. The van der Waals surface area contributed by atoms with E-state index in [0.717, 1.165) is 62.1 Å². The fourth-order valence-electron chi connectivity index (χ4n) is 6.63. The molecule has 0 spiro atoms. The molecule has 0 bridgehead atoms. The minimum absolute atomic E-state index is 0.00546. The number of carbonyl (C=O) groups is 2. The van der Waals surface area contributed by atoms with E-state index < -0.39 is 5.97 Å². The second-order valence-corrected chi connectivity index (χ2v) is 11.5. The topological polar surface area (TPSA) is 115 Å². The van der Waals surface area contributed by atoms with Crippen LogP contribution in [0.5, 0.6) is 0 Å². The van der Waals surface area contributed by atoms with Crippen molar-refractivity contribution in [3.05, 3.63) is 81.2 Å². The van der Waals surface area contributed by atoms with Crippen LogP contribution in [0.3, 0.4) is 0 Å². The number of carbonyl (C=O) groups excluding carboxylic acids is 2. The first-order valence-corrected chi connectivity index (χ1v) is 14.9.